The molecule has 52 valence electrons. The zero-order chi connectivity index (χ0) is 7.11. The molecule has 0 fully saturated rings. The Morgan fingerprint density at radius 3 is 2.56 bits per heavy atom. The monoisotopic (exact) mass is 184 g/mol. The van der Waals surface area contributed by atoms with Crippen molar-refractivity contribution in [1.29, 1.82) is 0 Å². The van der Waals surface area contributed by atoms with Crippen molar-refractivity contribution in [1.82, 2.24) is 0 Å². The highest BCUT2D eigenvalue weighted by atomic mass is 32.1. The van der Waals surface area contributed by atoms with Gasteiger partial charge in [0.05, 0.1) is 6.61 Å². The van der Waals surface area contributed by atoms with Gasteiger partial charge in [-0.2, -0.15) is 0 Å². The molecule has 0 aromatic heterocycles. The predicted molar refractivity (Wildman–Crippen MR) is 44.0 cm³/mol. The number of hydrogen-bond donors (Lipinski definition) is 2. The van der Waals surface area contributed by atoms with Gasteiger partial charge >= 0.3 is 0 Å². The normalized spacial score (nSPS) is 14.9. The van der Waals surface area contributed by atoms with E-state index in [0.29, 0.717) is 6.61 Å². The van der Waals surface area contributed by atoms with Crippen LogP contribution in [0.4, 0.5) is 0 Å². The Labute approximate surface area is 68.4 Å². The fraction of sp³-hybridized carbons (Fsp3) is 1.00. The summed E-state index contributed by atoms with van der Waals surface area (Å²) in [5.41, 5.74) is 0. The van der Waals surface area contributed by atoms with Crippen molar-refractivity contribution in [2.75, 3.05) is 6.61 Å². The molecule has 9 heavy (non-hydrogen) atoms. The van der Waals surface area contributed by atoms with Crippen LogP contribution in [0.25, 0.3) is 0 Å². The molecule has 0 spiro atoms. The summed E-state index contributed by atoms with van der Waals surface area (Å²) in [6.45, 7) is 0.308. The maximum Gasteiger partial charge on any atom is 0.288 e. The highest BCUT2D eigenvalue weighted by molar-refractivity contribution is 7.75. The van der Waals surface area contributed by atoms with Crippen LogP contribution in [0, 0.1) is 0 Å². The van der Waals surface area contributed by atoms with Crippen molar-refractivity contribution in [3.63, 3.8) is 0 Å². The lowest BCUT2D eigenvalue weighted by atomic mass is 10.6. The summed E-state index contributed by atoms with van der Waals surface area (Å²) < 4.78 is 13.3. The molecule has 3 nitrogen and oxygen atoms in total. The van der Waals surface area contributed by atoms with E-state index >= 15 is 0 Å². The highest BCUT2D eigenvalue weighted by Gasteiger charge is 2.05. The van der Waals surface area contributed by atoms with Gasteiger partial charge in [0.1, 0.15) is 5.85 Å². The van der Waals surface area contributed by atoms with Gasteiger partial charge in [0.15, 0.2) is 0 Å². The first-order valence-corrected chi connectivity index (χ1v) is 3.74. The molecule has 0 heterocycles. The first-order chi connectivity index (χ1) is 4.35. The van der Waals surface area contributed by atoms with Crippen molar-refractivity contribution >= 4 is 42.7 Å². The SMILES string of the molecule is [B]OPC(COS)OS. The van der Waals surface area contributed by atoms with Gasteiger partial charge in [-0.15, -0.1) is 0 Å². The molecule has 0 saturated heterocycles. The van der Waals surface area contributed by atoms with Crippen LogP contribution in [-0.4, -0.2) is 20.5 Å². The first-order valence-electron chi connectivity index (χ1n) is 2.03. The summed E-state index contributed by atoms with van der Waals surface area (Å²) in [4.78, 5) is 0. The Kier molecular flexibility index (Phi) is 8.04. The molecule has 0 aromatic carbocycles. The molecule has 0 aliphatic heterocycles. The summed E-state index contributed by atoms with van der Waals surface area (Å²) in [6, 6.07) is 0. The van der Waals surface area contributed by atoms with E-state index in [1.165, 1.54) is 0 Å². The zero-order valence-corrected chi connectivity index (χ0v) is 7.27. The molecule has 0 N–H and O–H groups in total. The second-order valence-electron chi connectivity index (χ2n) is 1.13. The molecule has 2 unspecified atom stereocenters. The predicted octanol–water partition coefficient (Wildman–Crippen LogP) is 0.729. The molecule has 0 aromatic rings. The van der Waals surface area contributed by atoms with Crippen molar-refractivity contribution in [3.8, 4) is 0 Å². The standard InChI is InChI=1S/C2H6BO3PS2/c3-6-7-2(5-9)1-4-8/h2,7-9H,1H2. The fourth-order valence-corrected chi connectivity index (χ4v) is 1.04. The van der Waals surface area contributed by atoms with Crippen LogP contribution < -0.4 is 0 Å². The van der Waals surface area contributed by atoms with E-state index in [9.17, 15) is 0 Å². The summed E-state index contributed by atoms with van der Waals surface area (Å²) >= 11 is 7.04. The van der Waals surface area contributed by atoms with Gasteiger partial charge in [0.25, 0.3) is 8.05 Å². The average Bonchev–Trinajstić information content (AvgIpc) is 1.88. The molecule has 0 aliphatic carbocycles. The minimum atomic E-state index is -0.240. The first kappa shape index (κ1) is 10.1. The summed E-state index contributed by atoms with van der Waals surface area (Å²) in [6.07, 6.45) is 0. The Morgan fingerprint density at radius 1 is 1.56 bits per heavy atom. The third-order valence-corrected chi connectivity index (χ3v) is 1.84. The second-order valence-corrected chi connectivity index (χ2v) is 2.71. The van der Waals surface area contributed by atoms with Crippen LogP contribution in [0.3, 0.4) is 0 Å². The van der Waals surface area contributed by atoms with Gasteiger partial charge in [0, 0.05) is 8.81 Å². The van der Waals surface area contributed by atoms with Crippen LogP contribution in [0.5, 0.6) is 0 Å². The minimum absolute atomic E-state index is 0.0181. The Hall–Kier alpha value is 1.07. The fourth-order valence-electron chi connectivity index (χ4n) is 0.230. The van der Waals surface area contributed by atoms with Gasteiger partial charge in [-0.3, -0.25) is 0 Å². The molecule has 0 saturated carbocycles. The molecule has 0 aliphatic rings. The average molecular weight is 184 g/mol. The number of rotatable bonds is 5. The zero-order valence-electron chi connectivity index (χ0n) is 4.48. The minimum Gasteiger partial charge on any atom is -0.428 e. The lowest BCUT2D eigenvalue weighted by Crippen LogP contribution is -2.07. The number of thiol groups is 2. The lowest BCUT2D eigenvalue weighted by Gasteiger charge is -2.09. The molecule has 2 atom stereocenters. The van der Waals surface area contributed by atoms with E-state index < -0.39 is 0 Å². The molecular formula is C2H6BO3PS2. The van der Waals surface area contributed by atoms with Crippen molar-refractivity contribution < 1.29 is 12.8 Å². The van der Waals surface area contributed by atoms with E-state index in [-0.39, 0.29) is 14.7 Å². The van der Waals surface area contributed by atoms with E-state index in [4.69, 9.17) is 8.05 Å². The summed E-state index contributed by atoms with van der Waals surface area (Å²) in [5, 5.41) is 0. The van der Waals surface area contributed by atoms with E-state index in [2.05, 4.69) is 38.6 Å². The van der Waals surface area contributed by atoms with Gasteiger partial charge in [-0.1, -0.05) is 0 Å². The maximum atomic E-state index is 4.75. The van der Waals surface area contributed by atoms with Crippen molar-refractivity contribution in [2.45, 2.75) is 5.85 Å². The quantitative estimate of drug-likeness (QED) is 0.285. The van der Waals surface area contributed by atoms with Crippen molar-refractivity contribution in [3.05, 3.63) is 0 Å². The van der Waals surface area contributed by atoms with Crippen LogP contribution in [0.1, 0.15) is 0 Å². The summed E-state index contributed by atoms with van der Waals surface area (Å²) in [7, 11) is 4.77. The topological polar surface area (TPSA) is 27.7 Å². The van der Waals surface area contributed by atoms with Gasteiger partial charge in [0.2, 0.25) is 0 Å². The van der Waals surface area contributed by atoms with Crippen LogP contribution in [0.2, 0.25) is 0 Å². The Balaban J connectivity index is 3.18. The summed E-state index contributed by atoms with van der Waals surface area (Å²) in [5.74, 6) is -0.240. The van der Waals surface area contributed by atoms with Crippen LogP contribution in [0.15, 0.2) is 0 Å². The molecule has 0 amide bonds. The second kappa shape index (κ2) is 7.19. The number of hydrogen-bond acceptors (Lipinski definition) is 5. The van der Waals surface area contributed by atoms with E-state index in [0.717, 1.165) is 0 Å². The van der Waals surface area contributed by atoms with Gasteiger partial charge in [-0.05, 0) is 25.8 Å². The lowest BCUT2D eigenvalue weighted by molar-refractivity contribution is 0.237. The molecule has 0 rings (SSSR count). The third-order valence-electron chi connectivity index (χ3n) is 0.553. The highest BCUT2D eigenvalue weighted by Crippen LogP contribution is 2.21. The van der Waals surface area contributed by atoms with E-state index in [1.807, 2.05) is 0 Å². The molecule has 7 heteroatoms. The maximum absolute atomic E-state index is 4.75. The van der Waals surface area contributed by atoms with Crippen LogP contribution >= 0.6 is 34.6 Å². The smallest absolute Gasteiger partial charge is 0.288 e. The van der Waals surface area contributed by atoms with Gasteiger partial charge in [-0.25, -0.2) is 0 Å². The van der Waals surface area contributed by atoms with Gasteiger partial charge < -0.3 is 12.8 Å². The van der Waals surface area contributed by atoms with E-state index in [1.54, 1.807) is 0 Å². The largest absolute Gasteiger partial charge is 0.428 e. The molecule has 2 radical (unpaired) electrons. The Bertz CT molecular complexity index is 61.8. The molecule has 0 bridgehead atoms. The third kappa shape index (κ3) is 5.52. The molecular weight excluding hydrogens is 178 g/mol. The Morgan fingerprint density at radius 2 is 2.22 bits per heavy atom. The van der Waals surface area contributed by atoms with Crippen molar-refractivity contribution in [2.24, 2.45) is 0 Å². The van der Waals surface area contributed by atoms with Crippen LogP contribution in [-0.2, 0) is 12.8 Å².